The molecular weight excluding hydrogens is 318 g/mol. The number of ether oxygens (including phenoxy) is 1. The maximum absolute atomic E-state index is 11.7. The van der Waals surface area contributed by atoms with Crippen LogP contribution in [0.25, 0.3) is 0 Å². The first-order valence-corrected chi connectivity index (χ1v) is 8.33. The van der Waals surface area contributed by atoms with E-state index in [9.17, 15) is 15.0 Å². The molecule has 0 unspecified atom stereocenters. The van der Waals surface area contributed by atoms with E-state index in [1.54, 1.807) is 20.8 Å². The molecule has 0 bridgehead atoms. The minimum absolute atomic E-state index is 0.0603. The van der Waals surface area contributed by atoms with E-state index in [0.29, 0.717) is 0 Å². The van der Waals surface area contributed by atoms with Crippen LogP contribution < -0.4 is 5.32 Å². The van der Waals surface area contributed by atoms with Crippen LogP contribution in [0.1, 0.15) is 52.7 Å². The summed E-state index contributed by atoms with van der Waals surface area (Å²) < 4.78 is 5.11. The number of amides is 1. The molecule has 5 nitrogen and oxygen atoms in total. The van der Waals surface area contributed by atoms with Crippen LogP contribution in [-0.4, -0.2) is 40.7 Å². The number of alkyl carbamates (subject to hydrolysis) is 1. The van der Waals surface area contributed by atoms with Crippen molar-refractivity contribution in [3.63, 3.8) is 0 Å². The number of aliphatic hydroxyl groups excluding tert-OH is 2. The second-order valence-electron chi connectivity index (χ2n) is 7.98. The van der Waals surface area contributed by atoms with Crippen LogP contribution in [-0.2, 0) is 10.2 Å². The molecule has 0 spiro atoms. The molecule has 2 atom stereocenters. The van der Waals surface area contributed by atoms with Gasteiger partial charge in [0.1, 0.15) is 11.7 Å². The molecule has 0 radical (unpaired) electrons. The van der Waals surface area contributed by atoms with Crippen molar-refractivity contribution in [1.29, 1.82) is 0 Å². The summed E-state index contributed by atoms with van der Waals surface area (Å²) in [5.41, 5.74) is 1.35. The minimum atomic E-state index is -1.21. The lowest BCUT2D eigenvalue weighted by molar-refractivity contribution is 0.0413. The SMILES string of the molecule is CC(C)(C)OC(=O)N[C@@H](CO)[C@H](O)C#Cc1ccc(C(C)(C)C)cc1. The van der Waals surface area contributed by atoms with Gasteiger partial charge in [-0.25, -0.2) is 4.79 Å². The molecule has 0 aliphatic carbocycles. The quantitative estimate of drug-likeness (QED) is 0.735. The number of aliphatic hydroxyl groups is 2. The molecule has 1 rings (SSSR count). The third kappa shape index (κ3) is 7.59. The summed E-state index contributed by atoms with van der Waals surface area (Å²) in [5, 5.41) is 21.9. The van der Waals surface area contributed by atoms with E-state index in [4.69, 9.17) is 4.74 Å². The van der Waals surface area contributed by atoms with Crippen molar-refractivity contribution in [1.82, 2.24) is 5.32 Å². The third-order valence-electron chi connectivity index (χ3n) is 3.40. The first kappa shape index (κ1) is 21.0. The summed E-state index contributed by atoms with van der Waals surface area (Å²) in [5.74, 6) is 5.51. The standard InChI is InChI=1S/C20H29NO4/c1-19(2,3)15-10-7-14(8-11-15)9-12-17(23)16(13-22)21-18(24)25-20(4,5)6/h7-8,10-11,16-17,22-23H,13H2,1-6H3,(H,21,24)/t16-,17+/m0/s1. The fourth-order valence-corrected chi connectivity index (χ4v) is 1.99. The highest BCUT2D eigenvalue weighted by Gasteiger charge is 2.23. The fraction of sp³-hybridized carbons (Fsp3) is 0.550. The molecule has 25 heavy (non-hydrogen) atoms. The molecule has 0 aromatic heterocycles. The maximum Gasteiger partial charge on any atom is 0.408 e. The van der Waals surface area contributed by atoms with E-state index >= 15 is 0 Å². The van der Waals surface area contributed by atoms with E-state index in [1.807, 2.05) is 24.3 Å². The Hall–Kier alpha value is -2.03. The highest BCUT2D eigenvalue weighted by molar-refractivity contribution is 5.68. The van der Waals surface area contributed by atoms with Crippen molar-refractivity contribution in [2.24, 2.45) is 0 Å². The Bertz CT molecular complexity index is 627. The lowest BCUT2D eigenvalue weighted by Gasteiger charge is -2.23. The largest absolute Gasteiger partial charge is 0.444 e. The van der Waals surface area contributed by atoms with Gasteiger partial charge in [-0.2, -0.15) is 0 Å². The van der Waals surface area contributed by atoms with Crippen LogP contribution in [0.2, 0.25) is 0 Å². The number of carbonyl (C=O) groups excluding carboxylic acids is 1. The van der Waals surface area contributed by atoms with Crippen LogP contribution in [0.5, 0.6) is 0 Å². The van der Waals surface area contributed by atoms with Gasteiger partial charge in [-0.15, -0.1) is 0 Å². The van der Waals surface area contributed by atoms with Crippen molar-refractivity contribution in [2.45, 2.75) is 64.7 Å². The van der Waals surface area contributed by atoms with Gasteiger partial charge < -0.3 is 20.3 Å². The first-order chi connectivity index (χ1) is 11.4. The van der Waals surface area contributed by atoms with Crippen molar-refractivity contribution >= 4 is 6.09 Å². The maximum atomic E-state index is 11.7. The van der Waals surface area contributed by atoms with Crippen molar-refractivity contribution < 1.29 is 19.7 Å². The van der Waals surface area contributed by atoms with Crippen molar-refractivity contribution in [3.8, 4) is 11.8 Å². The van der Waals surface area contributed by atoms with Gasteiger partial charge in [-0.3, -0.25) is 0 Å². The minimum Gasteiger partial charge on any atom is -0.444 e. The Morgan fingerprint density at radius 3 is 2.16 bits per heavy atom. The van der Waals surface area contributed by atoms with Gasteiger partial charge in [-0.1, -0.05) is 44.7 Å². The number of rotatable bonds is 3. The Balaban J connectivity index is 2.75. The van der Waals surface area contributed by atoms with E-state index < -0.39 is 30.4 Å². The van der Waals surface area contributed by atoms with Crippen LogP contribution >= 0.6 is 0 Å². The van der Waals surface area contributed by atoms with Crippen LogP contribution in [0.4, 0.5) is 4.79 Å². The second kappa shape index (κ2) is 8.37. The fourth-order valence-electron chi connectivity index (χ4n) is 1.99. The zero-order valence-electron chi connectivity index (χ0n) is 15.9. The van der Waals surface area contributed by atoms with E-state index in [0.717, 1.165) is 5.56 Å². The number of hydrogen-bond donors (Lipinski definition) is 3. The zero-order valence-corrected chi connectivity index (χ0v) is 15.9. The average Bonchev–Trinajstić information content (AvgIpc) is 2.48. The predicted octanol–water partition coefficient (Wildman–Crippen LogP) is 2.58. The van der Waals surface area contributed by atoms with Gasteiger partial charge in [0.25, 0.3) is 0 Å². The molecule has 0 aliphatic heterocycles. The van der Waals surface area contributed by atoms with Crippen LogP contribution in [0, 0.1) is 11.8 Å². The third-order valence-corrected chi connectivity index (χ3v) is 3.40. The van der Waals surface area contributed by atoms with Crippen molar-refractivity contribution in [2.75, 3.05) is 6.61 Å². The Kier molecular flexibility index (Phi) is 7.04. The van der Waals surface area contributed by atoms with E-state index in [1.165, 1.54) is 5.56 Å². The first-order valence-electron chi connectivity index (χ1n) is 8.33. The molecule has 0 saturated heterocycles. The molecule has 0 saturated carbocycles. The van der Waals surface area contributed by atoms with Gasteiger partial charge in [-0.05, 0) is 43.9 Å². The average molecular weight is 347 g/mol. The molecule has 1 aromatic carbocycles. The Morgan fingerprint density at radius 1 is 1.16 bits per heavy atom. The lowest BCUT2D eigenvalue weighted by atomic mass is 9.87. The summed E-state index contributed by atoms with van der Waals surface area (Å²) >= 11 is 0. The summed E-state index contributed by atoms with van der Waals surface area (Å²) in [6.07, 6.45) is -1.92. The molecule has 1 amide bonds. The smallest absolute Gasteiger partial charge is 0.408 e. The van der Waals surface area contributed by atoms with Crippen LogP contribution in [0.15, 0.2) is 24.3 Å². The van der Waals surface area contributed by atoms with Gasteiger partial charge in [0.05, 0.1) is 12.6 Å². The van der Waals surface area contributed by atoms with E-state index in [-0.39, 0.29) is 5.41 Å². The lowest BCUT2D eigenvalue weighted by Crippen LogP contribution is -2.47. The monoisotopic (exact) mass is 347 g/mol. The van der Waals surface area contributed by atoms with Crippen LogP contribution in [0.3, 0.4) is 0 Å². The second-order valence-corrected chi connectivity index (χ2v) is 7.98. The van der Waals surface area contributed by atoms with Gasteiger partial charge in [0.2, 0.25) is 0 Å². The molecule has 138 valence electrons. The summed E-state index contributed by atoms with van der Waals surface area (Å²) in [6.45, 7) is 11.1. The van der Waals surface area contributed by atoms with Gasteiger partial charge in [0.15, 0.2) is 0 Å². The highest BCUT2D eigenvalue weighted by Crippen LogP contribution is 2.21. The summed E-state index contributed by atoms with van der Waals surface area (Å²) in [7, 11) is 0. The molecule has 0 heterocycles. The number of nitrogens with one attached hydrogen (secondary N) is 1. The summed E-state index contributed by atoms with van der Waals surface area (Å²) in [6, 6.07) is 6.85. The van der Waals surface area contributed by atoms with Gasteiger partial charge in [0, 0.05) is 5.56 Å². The number of hydrogen-bond acceptors (Lipinski definition) is 4. The molecule has 0 fully saturated rings. The number of carbonyl (C=O) groups is 1. The highest BCUT2D eigenvalue weighted by atomic mass is 16.6. The topological polar surface area (TPSA) is 78.8 Å². The van der Waals surface area contributed by atoms with Crippen molar-refractivity contribution in [3.05, 3.63) is 35.4 Å². The Labute approximate surface area is 150 Å². The zero-order chi connectivity index (χ0) is 19.3. The van der Waals surface area contributed by atoms with Gasteiger partial charge >= 0.3 is 6.09 Å². The molecule has 3 N–H and O–H groups in total. The van der Waals surface area contributed by atoms with E-state index in [2.05, 4.69) is 37.9 Å². The predicted molar refractivity (Wildman–Crippen MR) is 98.3 cm³/mol. The normalized spacial score (nSPS) is 14.1. The number of benzene rings is 1. The summed E-state index contributed by atoms with van der Waals surface area (Å²) in [4.78, 5) is 11.7. The molecular formula is C20H29NO4. The Morgan fingerprint density at radius 2 is 1.72 bits per heavy atom. The molecule has 1 aromatic rings. The molecule has 5 heteroatoms. The molecule has 0 aliphatic rings.